The SMILES string of the molecule is CC(C)NC(=O)C(C)N(Cc1ccccc1)C(=O)CN(c1cc(Cl)ccc1Cl)S(C)(=O)=O. The highest BCUT2D eigenvalue weighted by atomic mass is 35.5. The van der Waals surface area contributed by atoms with Crippen LogP contribution in [-0.4, -0.2) is 50.0 Å². The maximum absolute atomic E-state index is 13.4. The monoisotopic (exact) mass is 499 g/mol. The summed E-state index contributed by atoms with van der Waals surface area (Å²) in [6, 6.07) is 12.6. The molecule has 1 atom stereocenters. The van der Waals surface area contributed by atoms with Gasteiger partial charge in [-0.2, -0.15) is 0 Å². The van der Waals surface area contributed by atoms with Crippen LogP contribution in [0, 0.1) is 0 Å². The molecule has 0 aliphatic carbocycles. The van der Waals surface area contributed by atoms with Gasteiger partial charge in [-0.3, -0.25) is 13.9 Å². The zero-order valence-electron chi connectivity index (χ0n) is 18.4. The Morgan fingerprint density at radius 2 is 1.66 bits per heavy atom. The number of rotatable bonds is 9. The van der Waals surface area contributed by atoms with Crippen LogP contribution in [0.4, 0.5) is 5.69 Å². The van der Waals surface area contributed by atoms with Crippen molar-refractivity contribution in [3.05, 3.63) is 64.1 Å². The van der Waals surface area contributed by atoms with Gasteiger partial charge in [0.05, 0.1) is 17.0 Å². The third kappa shape index (κ3) is 7.12. The summed E-state index contributed by atoms with van der Waals surface area (Å²) in [7, 11) is -3.88. The minimum absolute atomic E-state index is 0.0916. The number of nitrogens with one attached hydrogen (secondary N) is 1. The molecule has 0 fully saturated rings. The van der Waals surface area contributed by atoms with Crippen LogP contribution in [0.3, 0.4) is 0 Å². The molecule has 0 spiro atoms. The second-order valence-corrected chi connectivity index (χ2v) is 10.5. The number of carbonyl (C=O) groups is 2. The maximum atomic E-state index is 13.4. The standard InChI is InChI=1S/C22H27Cl2N3O4S/c1-15(2)25-22(29)16(3)26(13-17-8-6-5-7-9-17)21(28)14-27(32(4,30)31)20-12-18(23)10-11-19(20)24/h5-12,15-16H,13-14H2,1-4H3,(H,25,29). The molecule has 1 unspecified atom stereocenters. The molecule has 0 aliphatic heterocycles. The van der Waals surface area contributed by atoms with E-state index in [4.69, 9.17) is 23.2 Å². The summed E-state index contributed by atoms with van der Waals surface area (Å²) in [5, 5.41) is 3.20. The normalized spacial score (nSPS) is 12.3. The van der Waals surface area contributed by atoms with Gasteiger partial charge in [-0.1, -0.05) is 53.5 Å². The number of nitrogens with zero attached hydrogens (tertiary/aromatic N) is 2. The van der Waals surface area contributed by atoms with Crippen molar-refractivity contribution in [1.29, 1.82) is 0 Å². The van der Waals surface area contributed by atoms with Gasteiger partial charge in [0.15, 0.2) is 0 Å². The lowest BCUT2D eigenvalue weighted by atomic mass is 10.1. The van der Waals surface area contributed by atoms with Crippen molar-refractivity contribution < 1.29 is 18.0 Å². The van der Waals surface area contributed by atoms with E-state index in [-0.39, 0.29) is 34.2 Å². The van der Waals surface area contributed by atoms with E-state index in [0.717, 1.165) is 16.1 Å². The molecule has 0 radical (unpaired) electrons. The maximum Gasteiger partial charge on any atom is 0.244 e. The van der Waals surface area contributed by atoms with Gasteiger partial charge in [-0.05, 0) is 44.5 Å². The van der Waals surface area contributed by atoms with Gasteiger partial charge in [-0.25, -0.2) is 8.42 Å². The summed E-state index contributed by atoms with van der Waals surface area (Å²) >= 11 is 12.2. The number of sulfonamides is 1. The topological polar surface area (TPSA) is 86.8 Å². The van der Waals surface area contributed by atoms with E-state index >= 15 is 0 Å². The van der Waals surface area contributed by atoms with Crippen LogP contribution in [0.5, 0.6) is 0 Å². The van der Waals surface area contributed by atoms with Crippen LogP contribution in [-0.2, 0) is 26.2 Å². The third-order valence-corrected chi connectivity index (χ3v) is 6.33. The van der Waals surface area contributed by atoms with Crippen molar-refractivity contribution in [3.63, 3.8) is 0 Å². The molecular formula is C22H27Cl2N3O4S. The van der Waals surface area contributed by atoms with Crippen LogP contribution >= 0.6 is 23.2 Å². The first kappa shape index (κ1) is 26.0. The Labute approximate surface area is 199 Å². The summed E-state index contributed by atoms with van der Waals surface area (Å²) < 4.78 is 26.0. The second kappa shape index (κ2) is 11.0. The Bertz CT molecular complexity index is 1060. The van der Waals surface area contributed by atoms with Gasteiger partial charge in [0, 0.05) is 17.6 Å². The Hall–Kier alpha value is -2.29. The van der Waals surface area contributed by atoms with E-state index in [1.54, 1.807) is 6.92 Å². The Morgan fingerprint density at radius 1 is 1.03 bits per heavy atom. The number of hydrogen-bond acceptors (Lipinski definition) is 4. The molecule has 0 saturated heterocycles. The number of anilines is 1. The molecule has 0 heterocycles. The summed E-state index contributed by atoms with van der Waals surface area (Å²) in [4.78, 5) is 27.4. The minimum Gasteiger partial charge on any atom is -0.352 e. The van der Waals surface area contributed by atoms with Crippen LogP contribution in [0.15, 0.2) is 48.5 Å². The quantitative estimate of drug-likeness (QED) is 0.569. The molecule has 10 heteroatoms. The van der Waals surface area contributed by atoms with Gasteiger partial charge in [0.1, 0.15) is 12.6 Å². The summed E-state index contributed by atoms with van der Waals surface area (Å²) in [6.45, 7) is 4.84. The second-order valence-electron chi connectivity index (χ2n) is 7.71. The van der Waals surface area contributed by atoms with E-state index < -0.39 is 28.5 Å². The fourth-order valence-electron chi connectivity index (χ4n) is 3.04. The van der Waals surface area contributed by atoms with Crippen molar-refractivity contribution in [2.45, 2.75) is 39.4 Å². The van der Waals surface area contributed by atoms with Crippen LogP contribution in [0.2, 0.25) is 10.0 Å². The summed E-state index contributed by atoms with van der Waals surface area (Å²) in [6.07, 6.45) is 0.980. The zero-order valence-corrected chi connectivity index (χ0v) is 20.7. The molecule has 0 bridgehead atoms. The van der Waals surface area contributed by atoms with Crippen LogP contribution in [0.1, 0.15) is 26.3 Å². The largest absolute Gasteiger partial charge is 0.352 e. The fraction of sp³-hybridized carbons (Fsp3) is 0.364. The van der Waals surface area contributed by atoms with Crippen molar-refractivity contribution in [2.75, 3.05) is 17.1 Å². The number of benzene rings is 2. The van der Waals surface area contributed by atoms with Crippen molar-refractivity contribution >= 4 is 50.7 Å². The molecule has 32 heavy (non-hydrogen) atoms. The molecule has 7 nitrogen and oxygen atoms in total. The Kier molecular flexibility index (Phi) is 8.95. The molecular weight excluding hydrogens is 473 g/mol. The summed E-state index contributed by atoms with van der Waals surface area (Å²) in [5.74, 6) is -0.891. The number of halogens is 2. The lowest BCUT2D eigenvalue weighted by Crippen LogP contribution is -2.52. The van der Waals surface area contributed by atoms with E-state index in [2.05, 4.69) is 5.32 Å². The molecule has 0 saturated carbocycles. The van der Waals surface area contributed by atoms with Gasteiger partial charge in [-0.15, -0.1) is 0 Å². The van der Waals surface area contributed by atoms with Crippen molar-refractivity contribution in [1.82, 2.24) is 10.2 Å². The minimum atomic E-state index is -3.88. The summed E-state index contributed by atoms with van der Waals surface area (Å²) in [5.41, 5.74) is 0.894. The lowest BCUT2D eigenvalue weighted by Gasteiger charge is -2.32. The van der Waals surface area contributed by atoms with Crippen LogP contribution < -0.4 is 9.62 Å². The predicted octanol–water partition coefficient (Wildman–Crippen LogP) is 3.70. The Morgan fingerprint density at radius 3 is 2.22 bits per heavy atom. The molecule has 0 aliphatic rings. The molecule has 0 aromatic heterocycles. The van der Waals surface area contributed by atoms with Gasteiger partial charge < -0.3 is 10.2 Å². The number of amides is 2. The first-order chi connectivity index (χ1) is 14.9. The average molecular weight is 500 g/mol. The predicted molar refractivity (Wildman–Crippen MR) is 128 cm³/mol. The molecule has 2 rings (SSSR count). The van der Waals surface area contributed by atoms with E-state index in [1.165, 1.54) is 23.1 Å². The average Bonchev–Trinajstić information content (AvgIpc) is 2.71. The highest BCUT2D eigenvalue weighted by Gasteiger charge is 2.31. The molecule has 2 amide bonds. The van der Waals surface area contributed by atoms with E-state index in [1.807, 2.05) is 44.2 Å². The highest BCUT2D eigenvalue weighted by Crippen LogP contribution is 2.30. The first-order valence-corrected chi connectivity index (χ1v) is 12.6. The molecule has 1 N–H and O–H groups in total. The molecule has 174 valence electrons. The molecule has 2 aromatic rings. The highest BCUT2D eigenvalue weighted by molar-refractivity contribution is 7.92. The third-order valence-electron chi connectivity index (χ3n) is 4.65. The van der Waals surface area contributed by atoms with Crippen molar-refractivity contribution in [2.24, 2.45) is 0 Å². The van der Waals surface area contributed by atoms with E-state index in [0.29, 0.717) is 0 Å². The van der Waals surface area contributed by atoms with Gasteiger partial charge >= 0.3 is 0 Å². The first-order valence-electron chi connectivity index (χ1n) is 9.96. The molecule has 2 aromatic carbocycles. The number of carbonyl (C=O) groups excluding carboxylic acids is 2. The zero-order chi connectivity index (χ0) is 24.1. The van der Waals surface area contributed by atoms with Gasteiger partial charge in [0.25, 0.3) is 0 Å². The fourth-order valence-corrected chi connectivity index (χ4v) is 4.33. The van der Waals surface area contributed by atoms with Crippen LogP contribution in [0.25, 0.3) is 0 Å². The van der Waals surface area contributed by atoms with Gasteiger partial charge in [0.2, 0.25) is 21.8 Å². The van der Waals surface area contributed by atoms with E-state index in [9.17, 15) is 18.0 Å². The van der Waals surface area contributed by atoms with Crippen molar-refractivity contribution in [3.8, 4) is 0 Å². The number of hydrogen-bond donors (Lipinski definition) is 1. The lowest BCUT2D eigenvalue weighted by molar-refractivity contribution is -0.139. The smallest absolute Gasteiger partial charge is 0.244 e. The Balaban J connectivity index is 2.41.